The first-order chi connectivity index (χ1) is 9.99. The largest absolute Gasteiger partial charge is 0.294 e. The van der Waals surface area contributed by atoms with Gasteiger partial charge in [-0.05, 0) is 60.7 Å². The van der Waals surface area contributed by atoms with Gasteiger partial charge in [-0.25, -0.2) is 4.68 Å². The summed E-state index contributed by atoms with van der Waals surface area (Å²) < 4.78 is 2.41. The molecular formula is C17H21BrN2O. The van der Waals surface area contributed by atoms with Gasteiger partial charge in [-0.3, -0.25) is 9.89 Å². The van der Waals surface area contributed by atoms with Crippen LogP contribution in [0.2, 0.25) is 0 Å². The van der Waals surface area contributed by atoms with E-state index < -0.39 is 0 Å². The number of aromatic nitrogens is 2. The van der Waals surface area contributed by atoms with Crippen molar-refractivity contribution in [2.45, 2.75) is 52.4 Å². The van der Waals surface area contributed by atoms with Crippen molar-refractivity contribution in [2.75, 3.05) is 0 Å². The molecule has 1 aromatic heterocycles. The minimum absolute atomic E-state index is 0.0203. The van der Waals surface area contributed by atoms with Crippen molar-refractivity contribution in [3.8, 4) is 5.69 Å². The van der Waals surface area contributed by atoms with Crippen LogP contribution in [0.15, 0.2) is 21.4 Å². The van der Waals surface area contributed by atoms with Crippen LogP contribution in [0, 0.1) is 20.8 Å². The first kappa shape index (κ1) is 14.6. The molecule has 1 saturated carbocycles. The van der Waals surface area contributed by atoms with Crippen LogP contribution in [0.1, 0.15) is 54.0 Å². The third-order valence-corrected chi connectivity index (χ3v) is 5.25. The maximum Gasteiger partial charge on any atom is 0.285 e. The molecule has 3 rings (SSSR count). The van der Waals surface area contributed by atoms with Gasteiger partial charge in [-0.1, -0.05) is 30.5 Å². The van der Waals surface area contributed by atoms with E-state index >= 15 is 0 Å². The van der Waals surface area contributed by atoms with E-state index in [0.717, 1.165) is 22.5 Å². The van der Waals surface area contributed by atoms with E-state index in [2.05, 4.69) is 53.9 Å². The highest BCUT2D eigenvalue weighted by Crippen LogP contribution is 2.36. The Morgan fingerprint density at radius 2 is 1.71 bits per heavy atom. The molecule has 1 N–H and O–H groups in total. The first-order valence-corrected chi connectivity index (χ1v) is 8.37. The zero-order valence-corrected chi connectivity index (χ0v) is 14.4. The second kappa shape index (κ2) is 5.48. The summed E-state index contributed by atoms with van der Waals surface area (Å²) in [6.45, 7) is 6.21. The van der Waals surface area contributed by atoms with Gasteiger partial charge < -0.3 is 0 Å². The molecule has 0 unspecified atom stereocenters. The van der Waals surface area contributed by atoms with Crippen LogP contribution in [-0.2, 0) is 0 Å². The number of halogens is 1. The van der Waals surface area contributed by atoms with Gasteiger partial charge in [0, 0.05) is 5.92 Å². The molecule has 4 heteroatoms. The van der Waals surface area contributed by atoms with Gasteiger partial charge in [0.1, 0.15) is 4.47 Å². The summed E-state index contributed by atoms with van der Waals surface area (Å²) in [5.41, 5.74) is 5.55. The van der Waals surface area contributed by atoms with Crippen LogP contribution in [0.25, 0.3) is 5.69 Å². The fourth-order valence-corrected chi connectivity index (χ4v) is 4.19. The van der Waals surface area contributed by atoms with Crippen LogP contribution >= 0.6 is 15.9 Å². The lowest BCUT2D eigenvalue weighted by atomic mass is 10.1. The minimum Gasteiger partial charge on any atom is -0.294 e. The summed E-state index contributed by atoms with van der Waals surface area (Å²) in [6.07, 6.45) is 4.86. The molecule has 1 aliphatic rings. The molecule has 0 spiro atoms. The van der Waals surface area contributed by atoms with Crippen molar-refractivity contribution in [3.63, 3.8) is 0 Å². The molecule has 3 nitrogen and oxygen atoms in total. The number of benzene rings is 1. The normalized spacial score (nSPS) is 15.8. The molecule has 112 valence electrons. The molecule has 0 atom stereocenters. The van der Waals surface area contributed by atoms with Gasteiger partial charge in [0.2, 0.25) is 0 Å². The van der Waals surface area contributed by atoms with Crippen molar-refractivity contribution in [3.05, 3.63) is 49.3 Å². The Hall–Kier alpha value is -1.29. The van der Waals surface area contributed by atoms with Gasteiger partial charge >= 0.3 is 0 Å². The molecule has 0 aliphatic heterocycles. The molecule has 0 radical (unpaired) electrons. The number of nitrogens with zero attached hydrogens (tertiary/aromatic N) is 1. The van der Waals surface area contributed by atoms with Crippen LogP contribution in [0.4, 0.5) is 0 Å². The standard InChI is InChI=1S/C17H21BrN2O/c1-10-8-11(2)16(12(3)9-10)20-17(21)14(18)15(19-20)13-6-4-5-7-13/h8-9,13,19H,4-7H2,1-3H3. The molecule has 0 saturated heterocycles. The summed E-state index contributed by atoms with van der Waals surface area (Å²) in [5.74, 6) is 0.486. The van der Waals surface area contributed by atoms with Gasteiger partial charge in [-0.2, -0.15) is 0 Å². The smallest absolute Gasteiger partial charge is 0.285 e. The maximum absolute atomic E-state index is 12.6. The Morgan fingerprint density at radius 1 is 1.14 bits per heavy atom. The number of aromatic amines is 1. The predicted octanol–water partition coefficient (Wildman–Crippen LogP) is 4.51. The average molecular weight is 349 g/mol. The molecule has 1 aliphatic carbocycles. The number of hydrogen-bond donors (Lipinski definition) is 1. The van der Waals surface area contributed by atoms with Crippen molar-refractivity contribution in [1.29, 1.82) is 0 Å². The van der Waals surface area contributed by atoms with Crippen molar-refractivity contribution in [2.24, 2.45) is 0 Å². The Bertz CT molecular complexity index is 713. The quantitative estimate of drug-likeness (QED) is 0.851. The summed E-state index contributed by atoms with van der Waals surface area (Å²) >= 11 is 3.51. The maximum atomic E-state index is 12.6. The molecular weight excluding hydrogens is 328 g/mol. The predicted molar refractivity (Wildman–Crippen MR) is 89.5 cm³/mol. The SMILES string of the molecule is Cc1cc(C)c(-n2[nH]c(C3CCCC3)c(Br)c2=O)c(C)c1. The second-order valence-corrected chi connectivity index (χ2v) is 7.00. The highest BCUT2D eigenvalue weighted by atomic mass is 79.9. The summed E-state index contributed by atoms with van der Waals surface area (Å²) in [4.78, 5) is 12.6. The number of rotatable bonds is 2. The molecule has 1 aromatic carbocycles. The lowest BCUT2D eigenvalue weighted by molar-refractivity contribution is 0.674. The molecule has 21 heavy (non-hydrogen) atoms. The highest BCUT2D eigenvalue weighted by Gasteiger charge is 2.24. The van der Waals surface area contributed by atoms with Crippen molar-refractivity contribution >= 4 is 15.9 Å². The monoisotopic (exact) mass is 348 g/mol. The fraction of sp³-hybridized carbons (Fsp3) is 0.471. The number of hydrogen-bond acceptors (Lipinski definition) is 1. The minimum atomic E-state index is 0.0203. The third-order valence-electron chi connectivity index (χ3n) is 4.48. The number of aryl methyl sites for hydroxylation is 3. The van der Waals surface area contributed by atoms with Gasteiger partial charge in [0.25, 0.3) is 5.56 Å². The summed E-state index contributed by atoms with van der Waals surface area (Å²) in [7, 11) is 0. The fourth-order valence-electron chi connectivity index (χ4n) is 3.60. The lowest BCUT2D eigenvalue weighted by Crippen LogP contribution is -2.17. The Balaban J connectivity index is 2.16. The van der Waals surface area contributed by atoms with Gasteiger partial charge in [-0.15, -0.1) is 0 Å². The van der Waals surface area contributed by atoms with E-state index in [9.17, 15) is 4.79 Å². The van der Waals surface area contributed by atoms with Gasteiger partial charge in [0.05, 0.1) is 11.4 Å². The number of nitrogens with one attached hydrogen (secondary N) is 1. The Kier molecular flexibility index (Phi) is 3.82. The van der Waals surface area contributed by atoms with Crippen LogP contribution in [0.3, 0.4) is 0 Å². The lowest BCUT2D eigenvalue weighted by Gasteiger charge is -2.12. The molecule has 0 bridgehead atoms. The van der Waals surface area contributed by atoms with E-state index in [-0.39, 0.29) is 5.56 Å². The van der Waals surface area contributed by atoms with Gasteiger partial charge in [0.15, 0.2) is 0 Å². The zero-order valence-electron chi connectivity index (χ0n) is 12.8. The number of H-pyrrole nitrogens is 1. The Labute approximate surface area is 133 Å². The second-order valence-electron chi connectivity index (χ2n) is 6.21. The van der Waals surface area contributed by atoms with Crippen molar-refractivity contribution in [1.82, 2.24) is 9.78 Å². The third kappa shape index (κ3) is 2.50. The van der Waals surface area contributed by atoms with Crippen LogP contribution in [0.5, 0.6) is 0 Å². The molecule has 1 fully saturated rings. The van der Waals surface area contributed by atoms with E-state index in [1.165, 1.54) is 31.2 Å². The molecule has 1 heterocycles. The topological polar surface area (TPSA) is 37.8 Å². The van der Waals surface area contributed by atoms with E-state index in [1.54, 1.807) is 4.68 Å². The highest BCUT2D eigenvalue weighted by molar-refractivity contribution is 9.10. The Morgan fingerprint density at radius 3 is 2.29 bits per heavy atom. The van der Waals surface area contributed by atoms with Crippen molar-refractivity contribution < 1.29 is 0 Å². The molecule has 0 amide bonds. The van der Waals surface area contributed by atoms with E-state index in [4.69, 9.17) is 0 Å². The summed E-state index contributed by atoms with van der Waals surface area (Å²) in [5, 5.41) is 3.37. The first-order valence-electron chi connectivity index (χ1n) is 7.57. The van der Waals surface area contributed by atoms with Crippen LogP contribution < -0.4 is 5.56 Å². The zero-order chi connectivity index (χ0) is 15.1. The van der Waals surface area contributed by atoms with E-state index in [0.29, 0.717) is 10.4 Å². The average Bonchev–Trinajstić information content (AvgIpc) is 3.01. The molecule has 2 aromatic rings. The van der Waals surface area contributed by atoms with E-state index in [1.807, 2.05) is 0 Å². The van der Waals surface area contributed by atoms with Crippen LogP contribution in [-0.4, -0.2) is 9.78 Å². The summed E-state index contributed by atoms with van der Waals surface area (Å²) in [6, 6.07) is 4.25.